The molecule has 2 aromatic rings. The number of piperidine rings is 1. The Morgan fingerprint density at radius 1 is 1.35 bits per heavy atom. The van der Waals surface area contributed by atoms with E-state index in [4.69, 9.17) is 9.84 Å². The van der Waals surface area contributed by atoms with Crippen molar-refractivity contribution in [3.05, 3.63) is 46.8 Å². The largest absolute Gasteiger partial charge is 0.496 e. The molecule has 23 heavy (non-hydrogen) atoms. The fourth-order valence-corrected chi connectivity index (χ4v) is 3.39. The molecule has 5 nitrogen and oxygen atoms in total. The van der Waals surface area contributed by atoms with Gasteiger partial charge in [-0.05, 0) is 32.8 Å². The van der Waals surface area contributed by atoms with Gasteiger partial charge in [-0.15, -0.1) is 0 Å². The summed E-state index contributed by atoms with van der Waals surface area (Å²) in [5.74, 6) is 1.00. The zero-order valence-corrected chi connectivity index (χ0v) is 13.9. The molecule has 1 aliphatic rings. The SMILES string of the molecule is COc1ccccc1Cn1nc(C)c(C2CCCC(=O)N2)c1C. The molecule has 0 bridgehead atoms. The highest BCUT2D eigenvalue weighted by molar-refractivity contribution is 5.77. The van der Waals surface area contributed by atoms with Crippen molar-refractivity contribution in [2.75, 3.05) is 7.11 Å². The molecule has 0 spiro atoms. The van der Waals surface area contributed by atoms with Crippen LogP contribution in [0.25, 0.3) is 0 Å². The number of para-hydroxylation sites is 1. The van der Waals surface area contributed by atoms with Crippen molar-refractivity contribution < 1.29 is 9.53 Å². The molecule has 1 N–H and O–H groups in total. The quantitative estimate of drug-likeness (QED) is 0.944. The van der Waals surface area contributed by atoms with Gasteiger partial charge in [0.15, 0.2) is 0 Å². The van der Waals surface area contributed by atoms with Gasteiger partial charge in [-0.1, -0.05) is 18.2 Å². The first kappa shape index (κ1) is 15.6. The Morgan fingerprint density at radius 3 is 2.87 bits per heavy atom. The molecule has 1 aromatic heterocycles. The number of carbonyl (C=O) groups is 1. The Labute approximate surface area is 136 Å². The van der Waals surface area contributed by atoms with Crippen LogP contribution in [0.3, 0.4) is 0 Å². The molecular formula is C18H23N3O2. The van der Waals surface area contributed by atoms with E-state index in [1.165, 1.54) is 0 Å². The van der Waals surface area contributed by atoms with Gasteiger partial charge in [-0.3, -0.25) is 9.48 Å². The Kier molecular flexibility index (Phi) is 4.37. The maximum Gasteiger partial charge on any atom is 0.220 e. The molecule has 1 atom stereocenters. The third-order valence-corrected chi connectivity index (χ3v) is 4.53. The summed E-state index contributed by atoms with van der Waals surface area (Å²) >= 11 is 0. The zero-order chi connectivity index (χ0) is 16.4. The van der Waals surface area contributed by atoms with Crippen LogP contribution in [0.5, 0.6) is 5.75 Å². The van der Waals surface area contributed by atoms with E-state index in [1.807, 2.05) is 29.8 Å². The average molecular weight is 313 g/mol. The second-order valence-corrected chi connectivity index (χ2v) is 6.07. The summed E-state index contributed by atoms with van der Waals surface area (Å²) in [6, 6.07) is 8.07. The lowest BCUT2D eigenvalue weighted by atomic mass is 9.96. The molecule has 0 radical (unpaired) electrons. The number of benzene rings is 1. The van der Waals surface area contributed by atoms with Crippen molar-refractivity contribution in [1.82, 2.24) is 15.1 Å². The van der Waals surface area contributed by atoms with Crippen LogP contribution in [-0.2, 0) is 11.3 Å². The highest BCUT2D eigenvalue weighted by Gasteiger charge is 2.25. The van der Waals surface area contributed by atoms with E-state index in [0.717, 1.165) is 41.1 Å². The van der Waals surface area contributed by atoms with E-state index in [9.17, 15) is 4.79 Å². The summed E-state index contributed by atoms with van der Waals surface area (Å²) in [4.78, 5) is 11.7. The number of aromatic nitrogens is 2. The Morgan fingerprint density at radius 2 is 2.13 bits per heavy atom. The molecule has 1 saturated heterocycles. The summed E-state index contributed by atoms with van der Waals surface area (Å²) in [6.45, 7) is 4.75. The smallest absolute Gasteiger partial charge is 0.220 e. The van der Waals surface area contributed by atoms with Gasteiger partial charge in [0, 0.05) is 23.2 Å². The van der Waals surface area contributed by atoms with Crippen LogP contribution in [0.4, 0.5) is 0 Å². The second-order valence-electron chi connectivity index (χ2n) is 6.07. The molecular weight excluding hydrogens is 290 g/mol. The van der Waals surface area contributed by atoms with Crippen molar-refractivity contribution in [2.45, 2.75) is 45.7 Å². The van der Waals surface area contributed by atoms with Crippen molar-refractivity contribution in [3.63, 3.8) is 0 Å². The summed E-state index contributed by atoms with van der Waals surface area (Å²) in [7, 11) is 1.68. The minimum absolute atomic E-state index is 0.0858. The Balaban J connectivity index is 1.90. The maximum absolute atomic E-state index is 11.7. The minimum Gasteiger partial charge on any atom is -0.496 e. The van der Waals surface area contributed by atoms with Gasteiger partial charge in [-0.25, -0.2) is 0 Å². The Hall–Kier alpha value is -2.30. The van der Waals surface area contributed by atoms with Gasteiger partial charge >= 0.3 is 0 Å². The highest BCUT2D eigenvalue weighted by Crippen LogP contribution is 2.29. The number of carbonyl (C=O) groups excluding carboxylic acids is 1. The van der Waals surface area contributed by atoms with Crippen LogP contribution in [0.2, 0.25) is 0 Å². The van der Waals surface area contributed by atoms with Gasteiger partial charge in [0.1, 0.15) is 5.75 Å². The number of nitrogens with one attached hydrogen (secondary N) is 1. The van der Waals surface area contributed by atoms with Crippen LogP contribution in [0.1, 0.15) is 47.8 Å². The van der Waals surface area contributed by atoms with Crippen LogP contribution in [-0.4, -0.2) is 22.8 Å². The molecule has 122 valence electrons. The van der Waals surface area contributed by atoms with Crippen molar-refractivity contribution in [3.8, 4) is 5.75 Å². The molecule has 2 heterocycles. The average Bonchev–Trinajstić information content (AvgIpc) is 2.82. The molecule has 1 unspecified atom stereocenters. The van der Waals surface area contributed by atoms with E-state index < -0.39 is 0 Å². The molecule has 0 saturated carbocycles. The topological polar surface area (TPSA) is 56.2 Å². The third kappa shape index (κ3) is 3.09. The van der Waals surface area contributed by atoms with E-state index in [2.05, 4.69) is 18.3 Å². The first-order valence-electron chi connectivity index (χ1n) is 8.05. The fourth-order valence-electron chi connectivity index (χ4n) is 3.39. The molecule has 0 aliphatic carbocycles. The summed E-state index contributed by atoms with van der Waals surface area (Å²) in [5.41, 5.74) is 4.36. The van der Waals surface area contributed by atoms with E-state index >= 15 is 0 Å². The minimum atomic E-state index is 0.0858. The lowest BCUT2D eigenvalue weighted by Crippen LogP contribution is -2.33. The maximum atomic E-state index is 11.7. The van der Waals surface area contributed by atoms with Gasteiger partial charge in [0.05, 0.1) is 25.4 Å². The van der Waals surface area contributed by atoms with Gasteiger partial charge in [-0.2, -0.15) is 5.10 Å². The van der Waals surface area contributed by atoms with Crippen LogP contribution in [0.15, 0.2) is 24.3 Å². The van der Waals surface area contributed by atoms with Crippen molar-refractivity contribution in [1.29, 1.82) is 0 Å². The molecule has 3 rings (SSSR count). The molecule has 1 amide bonds. The number of hydrogen-bond acceptors (Lipinski definition) is 3. The fraction of sp³-hybridized carbons (Fsp3) is 0.444. The van der Waals surface area contributed by atoms with Crippen molar-refractivity contribution in [2.24, 2.45) is 0 Å². The number of hydrogen-bond donors (Lipinski definition) is 1. The van der Waals surface area contributed by atoms with E-state index in [0.29, 0.717) is 13.0 Å². The molecule has 1 fully saturated rings. The summed E-state index contributed by atoms with van der Waals surface area (Å²) in [5, 5.41) is 7.79. The first-order valence-corrected chi connectivity index (χ1v) is 8.05. The normalized spacial score (nSPS) is 17.9. The highest BCUT2D eigenvalue weighted by atomic mass is 16.5. The molecule has 1 aromatic carbocycles. The van der Waals surface area contributed by atoms with Crippen LogP contribution < -0.4 is 10.1 Å². The van der Waals surface area contributed by atoms with Crippen LogP contribution in [0, 0.1) is 13.8 Å². The summed E-state index contributed by atoms with van der Waals surface area (Å²) < 4.78 is 7.43. The monoisotopic (exact) mass is 313 g/mol. The molecule has 5 heteroatoms. The predicted molar refractivity (Wildman–Crippen MR) is 88.5 cm³/mol. The van der Waals surface area contributed by atoms with Gasteiger partial charge in [0.25, 0.3) is 0 Å². The number of nitrogens with zero attached hydrogens (tertiary/aromatic N) is 2. The molecule has 1 aliphatic heterocycles. The predicted octanol–water partition coefficient (Wildman–Crippen LogP) is 2.90. The van der Waals surface area contributed by atoms with Gasteiger partial charge in [0.2, 0.25) is 5.91 Å². The van der Waals surface area contributed by atoms with Crippen molar-refractivity contribution >= 4 is 5.91 Å². The number of aryl methyl sites for hydroxylation is 1. The van der Waals surface area contributed by atoms with Gasteiger partial charge < -0.3 is 10.1 Å². The van der Waals surface area contributed by atoms with E-state index in [1.54, 1.807) is 7.11 Å². The van der Waals surface area contributed by atoms with Crippen LogP contribution >= 0.6 is 0 Å². The third-order valence-electron chi connectivity index (χ3n) is 4.53. The summed E-state index contributed by atoms with van der Waals surface area (Å²) in [6.07, 6.45) is 2.55. The first-order chi connectivity index (χ1) is 11.1. The zero-order valence-electron chi connectivity index (χ0n) is 13.9. The van der Waals surface area contributed by atoms with E-state index in [-0.39, 0.29) is 11.9 Å². The lowest BCUT2D eigenvalue weighted by Gasteiger charge is -2.24. The number of methoxy groups -OCH3 is 1. The lowest BCUT2D eigenvalue weighted by molar-refractivity contribution is -0.123. The standard InChI is InChI=1S/C18H23N3O2/c1-12-18(15-8-6-10-17(22)19-15)13(2)21(20-12)11-14-7-4-5-9-16(14)23-3/h4-5,7,9,15H,6,8,10-11H2,1-3H3,(H,19,22). The second kappa shape index (κ2) is 6.44. The number of ether oxygens (including phenoxy) is 1. The number of amides is 1. The number of rotatable bonds is 4. The Bertz CT molecular complexity index is 721.